The van der Waals surface area contributed by atoms with E-state index in [0.29, 0.717) is 12.0 Å². The molecule has 3 heterocycles. The standard InChI is InChI=1S/C14H18N6/c1-2-11(1)13-7-14(16-8-15-13)19-5-3-12(4-6-19)20-9-17-18-10-20/h7-12H,1-6H2. The fraction of sp³-hybridized carbons (Fsp3) is 0.571. The molecule has 0 amide bonds. The average molecular weight is 270 g/mol. The first kappa shape index (κ1) is 11.8. The number of anilines is 1. The van der Waals surface area contributed by atoms with Crippen molar-refractivity contribution in [3.8, 4) is 0 Å². The number of rotatable bonds is 3. The van der Waals surface area contributed by atoms with E-state index in [1.54, 1.807) is 6.33 Å². The van der Waals surface area contributed by atoms with Gasteiger partial charge in [-0.05, 0) is 25.7 Å². The van der Waals surface area contributed by atoms with Crippen molar-refractivity contribution < 1.29 is 0 Å². The fourth-order valence-electron chi connectivity index (χ4n) is 2.93. The average Bonchev–Trinajstić information content (AvgIpc) is 3.23. The van der Waals surface area contributed by atoms with Crippen LogP contribution in [0.3, 0.4) is 0 Å². The fourth-order valence-corrected chi connectivity index (χ4v) is 2.93. The molecular weight excluding hydrogens is 252 g/mol. The monoisotopic (exact) mass is 270 g/mol. The molecule has 0 aromatic carbocycles. The van der Waals surface area contributed by atoms with E-state index in [4.69, 9.17) is 0 Å². The molecule has 1 aliphatic heterocycles. The summed E-state index contributed by atoms with van der Waals surface area (Å²) in [5, 5.41) is 7.78. The Morgan fingerprint density at radius 1 is 0.950 bits per heavy atom. The molecule has 0 spiro atoms. The summed E-state index contributed by atoms with van der Waals surface area (Å²) in [4.78, 5) is 11.2. The van der Waals surface area contributed by atoms with Gasteiger partial charge in [0.15, 0.2) is 0 Å². The van der Waals surface area contributed by atoms with Crippen LogP contribution in [0.1, 0.15) is 43.3 Å². The quantitative estimate of drug-likeness (QED) is 0.851. The van der Waals surface area contributed by atoms with Gasteiger partial charge in [-0.25, -0.2) is 9.97 Å². The topological polar surface area (TPSA) is 59.7 Å². The van der Waals surface area contributed by atoms with E-state index in [-0.39, 0.29) is 0 Å². The highest BCUT2D eigenvalue weighted by Crippen LogP contribution is 2.39. The lowest BCUT2D eigenvalue weighted by Crippen LogP contribution is -2.35. The SMILES string of the molecule is c1nc(C2CC2)cc(N2CCC(n3cnnc3)CC2)n1. The third-order valence-corrected chi connectivity index (χ3v) is 4.32. The molecule has 2 aliphatic rings. The van der Waals surface area contributed by atoms with Crippen molar-refractivity contribution in [2.24, 2.45) is 0 Å². The molecule has 0 atom stereocenters. The molecule has 4 rings (SSSR count). The van der Waals surface area contributed by atoms with Gasteiger partial charge >= 0.3 is 0 Å². The van der Waals surface area contributed by atoms with Crippen LogP contribution in [0.25, 0.3) is 0 Å². The Hall–Kier alpha value is -1.98. The highest BCUT2D eigenvalue weighted by atomic mass is 15.3. The lowest BCUT2D eigenvalue weighted by molar-refractivity contribution is 0.394. The van der Waals surface area contributed by atoms with Gasteiger partial charge in [0.2, 0.25) is 0 Å². The second-order valence-corrected chi connectivity index (χ2v) is 5.70. The summed E-state index contributed by atoms with van der Waals surface area (Å²) in [6.45, 7) is 2.06. The molecule has 1 saturated heterocycles. The molecule has 0 unspecified atom stereocenters. The maximum Gasteiger partial charge on any atom is 0.132 e. The van der Waals surface area contributed by atoms with E-state index in [1.807, 2.05) is 12.7 Å². The predicted molar refractivity (Wildman–Crippen MR) is 74.5 cm³/mol. The zero-order chi connectivity index (χ0) is 13.4. The van der Waals surface area contributed by atoms with Gasteiger partial charge in [0, 0.05) is 36.8 Å². The second-order valence-electron chi connectivity index (χ2n) is 5.70. The Labute approximate surface area is 117 Å². The lowest BCUT2D eigenvalue weighted by atomic mass is 10.0. The van der Waals surface area contributed by atoms with Gasteiger partial charge < -0.3 is 9.47 Å². The Morgan fingerprint density at radius 3 is 2.40 bits per heavy atom. The smallest absolute Gasteiger partial charge is 0.132 e. The molecule has 6 heteroatoms. The maximum atomic E-state index is 4.44. The van der Waals surface area contributed by atoms with Crippen molar-refractivity contribution in [3.63, 3.8) is 0 Å². The number of piperidine rings is 1. The summed E-state index contributed by atoms with van der Waals surface area (Å²) in [6, 6.07) is 2.70. The number of hydrogen-bond acceptors (Lipinski definition) is 5. The number of aromatic nitrogens is 5. The minimum absolute atomic E-state index is 0.519. The van der Waals surface area contributed by atoms with Crippen LogP contribution in [0.15, 0.2) is 25.0 Å². The van der Waals surface area contributed by atoms with E-state index in [9.17, 15) is 0 Å². The van der Waals surface area contributed by atoms with E-state index < -0.39 is 0 Å². The number of hydrogen-bond donors (Lipinski definition) is 0. The Kier molecular flexibility index (Phi) is 2.86. The predicted octanol–water partition coefficient (Wildman–Crippen LogP) is 1.79. The van der Waals surface area contributed by atoms with Crippen LogP contribution in [-0.4, -0.2) is 37.8 Å². The van der Waals surface area contributed by atoms with Gasteiger partial charge in [0.05, 0.1) is 0 Å². The molecule has 1 aliphatic carbocycles. The zero-order valence-electron chi connectivity index (χ0n) is 11.4. The third-order valence-electron chi connectivity index (χ3n) is 4.32. The van der Waals surface area contributed by atoms with Gasteiger partial charge in [-0.15, -0.1) is 10.2 Å². The van der Waals surface area contributed by atoms with Gasteiger partial charge in [0.1, 0.15) is 24.8 Å². The molecule has 1 saturated carbocycles. The second kappa shape index (κ2) is 4.85. The van der Waals surface area contributed by atoms with E-state index in [0.717, 1.165) is 31.7 Å². The van der Waals surface area contributed by atoms with Crippen molar-refractivity contribution in [1.82, 2.24) is 24.7 Å². The summed E-state index contributed by atoms with van der Waals surface area (Å²) in [7, 11) is 0. The van der Waals surface area contributed by atoms with Gasteiger partial charge in [-0.1, -0.05) is 0 Å². The zero-order valence-corrected chi connectivity index (χ0v) is 11.4. The largest absolute Gasteiger partial charge is 0.356 e. The molecule has 2 fully saturated rings. The molecule has 0 radical (unpaired) electrons. The first-order chi connectivity index (χ1) is 9.90. The minimum Gasteiger partial charge on any atom is -0.356 e. The molecule has 2 aromatic rings. The van der Waals surface area contributed by atoms with Crippen molar-refractivity contribution >= 4 is 5.82 Å². The number of nitrogens with zero attached hydrogens (tertiary/aromatic N) is 6. The summed E-state index contributed by atoms with van der Waals surface area (Å²) < 4.78 is 2.12. The summed E-state index contributed by atoms with van der Waals surface area (Å²) in [6.07, 6.45) is 10.1. The maximum absolute atomic E-state index is 4.44. The van der Waals surface area contributed by atoms with Crippen molar-refractivity contribution in [2.75, 3.05) is 18.0 Å². The highest BCUT2D eigenvalue weighted by Gasteiger charge is 2.27. The van der Waals surface area contributed by atoms with E-state index >= 15 is 0 Å². The van der Waals surface area contributed by atoms with Crippen LogP contribution in [0.2, 0.25) is 0 Å². The van der Waals surface area contributed by atoms with E-state index in [1.165, 1.54) is 18.5 Å². The molecule has 0 N–H and O–H groups in total. The molecule has 104 valence electrons. The van der Waals surface area contributed by atoms with Crippen LogP contribution >= 0.6 is 0 Å². The third kappa shape index (κ3) is 2.26. The molecule has 2 aromatic heterocycles. The van der Waals surface area contributed by atoms with Crippen LogP contribution in [0, 0.1) is 0 Å². The molecule has 20 heavy (non-hydrogen) atoms. The first-order valence-corrected chi connectivity index (χ1v) is 7.31. The Balaban J connectivity index is 1.44. The van der Waals surface area contributed by atoms with Gasteiger partial charge in [-0.2, -0.15) is 0 Å². The van der Waals surface area contributed by atoms with Crippen LogP contribution in [0.4, 0.5) is 5.82 Å². The summed E-state index contributed by atoms with van der Waals surface area (Å²) in [5.74, 6) is 1.77. The van der Waals surface area contributed by atoms with Crippen molar-refractivity contribution in [2.45, 2.75) is 37.6 Å². The summed E-state index contributed by atoms with van der Waals surface area (Å²) >= 11 is 0. The highest BCUT2D eigenvalue weighted by molar-refractivity contribution is 5.40. The summed E-state index contributed by atoms with van der Waals surface area (Å²) in [5.41, 5.74) is 1.22. The van der Waals surface area contributed by atoms with Gasteiger partial charge in [0.25, 0.3) is 0 Å². The Morgan fingerprint density at radius 2 is 1.70 bits per heavy atom. The van der Waals surface area contributed by atoms with Gasteiger partial charge in [-0.3, -0.25) is 0 Å². The van der Waals surface area contributed by atoms with E-state index in [2.05, 4.69) is 35.7 Å². The van der Waals surface area contributed by atoms with Crippen LogP contribution < -0.4 is 4.90 Å². The molecular formula is C14H18N6. The van der Waals surface area contributed by atoms with Crippen LogP contribution in [-0.2, 0) is 0 Å². The minimum atomic E-state index is 0.519. The normalized spacial score (nSPS) is 20.3. The first-order valence-electron chi connectivity index (χ1n) is 7.31. The Bertz CT molecular complexity index is 569. The van der Waals surface area contributed by atoms with Crippen LogP contribution in [0.5, 0.6) is 0 Å². The molecule has 0 bridgehead atoms. The van der Waals surface area contributed by atoms with Crippen molar-refractivity contribution in [3.05, 3.63) is 30.7 Å². The lowest BCUT2D eigenvalue weighted by Gasteiger charge is -2.33. The molecule has 6 nitrogen and oxygen atoms in total. The van der Waals surface area contributed by atoms with Crippen molar-refractivity contribution in [1.29, 1.82) is 0 Å².